The lowest BCUT2D eigenvalue weighted by molar-refractivity contribution is 1.03. The van der Waals surface area contributed by atoms with Crippen LogP contribution in [-0.2, 0) is 0 Å². The molecule has 1 aromatic carbocycles. The molecule has 86 valence electrons. The van der Waals surface area contributed by atoms with Gasteiger partial charge in [-0.1, -0.05) is 30.9 Å². The number of allylic oxidation sites excluding steroid dienone is 5. The van der Waals surface area contributed by atoms with Gasteiger partial charge in [-0.2, -0.15) is 0 Å². The molecule has 0 saturated carbocycles. The van der Waals surface area contributed by atoms with Crippen LogP contribution in [0.15, 0.2) is 55.1 Å². The van der Waals surface area contributed by atoms with Crippen LogP contribution >= 0.6 is 0 Å². The number of nitrogens with zero attached hydrogens (tertiary/aromatic N) is 2. The smallest absolute Gasteiger partial charge is 0.111 e. The molecule has 2 aromatic rings. The first-order valence-corrected chi connectivity index (χ1v) is 5.67. The lowest BCUT2D eigenvalue weighted by Gasteiger charge is -2.07. The third-order valence-corrected chi connectivity index (χ3v) is 2.61. The van der Waals surface area contributed by atoms with Crippen LogP contribution in [0.3, 0.4) is 0 Å². The van der Waals surface area contributed by atoms with E-state index < -0.39 is 0 Å². The summed E-state index contributed by atoms with van der Waals surface area (Å²) in [4.78, 5) is 4.55. The van der Waals surface area contributed by atoms with E-state index in [4.69, 9.17) is 0 Å². The van der Waals surface area contributed by atoms with Crippen molar-refractivity contribution in [2.75, 3.05) is 0 Å². The van der Waals surface area contributed by atoms with Crippen LogP contribution in [0.4, 0.5) is 0 Å². The van der Waals surface area contributed by atoms with E-state index in [2.05, 4.69) is 28.3 Å². The van der Waals surface area contributed by atoms with Crippen LogP contribution in [0.1, 0.15) is 12.7 Å². The summed E-state index contributed by atoms with van der Waals surface area (Å²) in [5, 5.41) is 0. The Balaban J connectivity index is 2.72. The highest BCUT2D eigenvalue weighted by Crippen LogP contribution is 2.21. The van der Waals surface area contributed by atoms with Crippen molar-refractivity contribution < 1.29 is 0 Å². The molecule has 0 aliphatic carbocycles. The molecule has 0 amide bonds. The third-order valence-electron chi connectivity index (χ3n) is 2.61. The molecule has 2 heteroatoms. The number of aromatic nitrogens is 2. The Morgan fingerprint density at radius 3 is 2.82 bits per heavy atom. The Bertz CT molecular complexity index is 600. The summed E-state index contributed by atoms with van der Waals surface area (Å²) in [5.74, 6) is 0.984. The summed E-state index contributed by atoms with van der Waals surface area (Å²) in [5.41, 5.74) is 3.22. The second-order valence-corrected chi connectivity index (χ2v) is 3.81. The zero-order valence-electron chi connectivity index (χ0n) is 10.2. The quantitative estimate of drug-likeness (QED) is 0.722. The Kier molecular flexibility index (Phi) is 3.24. The summed E-state index contributed by atoms with van der Waals surface area (Å²) in [6.07, 6.45) is 7.86. The maximum Gasteiger partial charge on any atom is 0.111 e. The van der Waals surface area contributed by atoms with Gasteiger partial charge in [0.2, 0.25) is 0 Å². The van der Waals surface area contributed by atoms with Gasteiger partial charge in [-0.3, -0.25) is 4.57 Å². The summed E-state index contributed by atoms with van der Waals surface area (Å²) in [6, 6.07) is 8.14. The largest absolute Gasteiger partial charge is 0.297 e. The van der Waals surface area contributed by atoms with Gasteiger partial charge >= 0.3 is 0 Å². The van der Waals surface area contributed by atoms with E-state index in [1.807, 2.05) is 44.2 Å². The number of imidazole rings is 1. The molecule has 0 radical (unpaired) electrons. The van der Waals surface area contributed by atoms with Gasteiger partial charge in [-0.05, 0) is 38.1 Å². The lowest BCUT2D eigenvalue weighted by atomic mass is 10.3. The second kappa shape index (κ2) is 4.83. The molecule has 0 aliphatic heterocycles. The zero-order valence-corrected chi connectivity index (χ0v) is 10.2. The molecular weight excluding hydrogens is 208 g/mol. The van der Waals surface area contributed by atoms with E-state index in [0.717, 1.165) is 22.6 Å². The molecule has 0 bridgehead atoms. The SMILES string of the molecule is C=C/C=C(\C=C/C)n1c(C)nc2ccccc21. The van der Waals surface area contributed by atoms with Gasteiger partial charge in [0.1, 0.15) is 5.82 Å². The molecule has 0 spiro atoms. The monoisotopic (exact) mass is 224 g/mol. The summed E-state index contributed by atoms with van der Waals surface area (Å²) < 4.78 is 2.14. The molecule has 0 aliphatic rings. The fourth-order valence-electron chi connectivity index (χ4n) is 1.97. The minimum Gasteiger partial charge on any atom is -0.297 e. The molecule has 0 saturated heterocycles. The Morgan fingerprint density at radius 1 is 1.35 bits per heavy atom. The van der Waals surface area contributed by atoms with Gasteiger partial charge in [0, 0.05) is 5.70 Å². The van der Waals surface area contributed by atoms with Crippen LogP contribution in [-0.4, -0.2) is 9.55 Å². The van der Waals surface area contributed by atoms with Crippen LogP contribution in [0, 0.1) is 6.92 Å². The fourth-order valence-corrected chi connectivity index (χ4v) is 1.97. The van der Waals surface area contributed by atoms with Gasteiger partial charge in [0.05, 0.1) is 11.0 Å². The van der Waals surface area contributed by atoms with E-state index in [0.29, 0.717) is 0 Å². The minimum absolute atomic E-state index is 0.984. The van der Waals surface area contributed by atoms with Crippen molar-refractivity contribution in [2.45, 2.75) is 13.8 Å². The second-order valence-electron chi connectivity index (χ2n) is 3.81. The number of hydrogen-bond donors (Lipinski definition) is 0. The van der Waals surface area contributed by atoms with Crippen molar-refractivity contribution in [3.8, 4) is 0 Å². The summed E-state index contributed by atoms with van der Waals surface area (Å²) >= 11 is 0. The van der Waals surface area contributed by atoms with Gasteiger partial charge in [0.15, 0.2) is 0 Å². The minimum atomic E-state index is 0.984. The van der Waals surface area contributed by atoms with Gasteiger partial charge in [-0.15, -0.1) is 0 Å². The highest BCUT2D eigenvalue weighted by atomic mass is 15.1. The molecular formula is C15H16N2. The number of benzene rings is 1. The van der Waals surface area contributed by atoms with E-state index >= 15 is 0 Å². The normalized spacial score (nSPS) is 12.5. The first-order chi connectivity index (χ1) is 8.27. The Labute approximate surface area is 102 Å². The topological polar surface area (TPSA) is 17.8 Å². The number of fused-ring (bicyclic) bond motifs is 1. The average molecular weight is 224 g/mol. The van der Waals surface area contributed by atoms with Gasteiger partial charge < -0.3 is 0 Å². The van der Waals surface area contributed by atoms with Crippen molar-refractivity contribution in [1.82, 2.24) is 9.55 Å². The van der Waals surface area contributed by atoms with Crippen molar-refractivity contribution in [2.24, 2.45) is 0 Å². The van der Waals surface area contributed by atoms with E-state index in [9.17, 15) is 0 Å². The molecule has 1 heterocycles. The molecule has 0 N–H and O–H groups in total. The summed E-state index contributed by atoms with van der Waals surface area (Å²) in [7, 11) is 0. The van der Waals surface area contributed by atoms with Crippen LogP contribution in [0.2, 0.25) is 0 Å². The van der Waals surface area contributed by atoms with Crippen LogP contribution in [0.5, 0.6) is 0 Å². The molecule has 0 unspecified atom stereocenters. The average Bonchev–Trinajstić information content (AvgIpc) is 2.64. The van der Waals surface area contributed by atoms with E-state index in [1.54, 1.807) is 6.08 Å². The fraction of sp³-hybridized carbons (Fsp3) is 0.133. The molecule has 2 rings (SSSR count). The van der Waals surface area contributed by atoms with Crippen LogP contribution < -0.4 is 0 Å². The van der Waals surface area contributed by atoms with E-state index in [-0.39, 0.29) is 0 Å². The Hall–Kier alpha value is -2.09. The first-order valence-electron chi connectivity index (χ1n) is 5.67. The standard InChI is InChI=1S/C15H16N2/c1-4-8-13(9-5-2)17-12(3)16-14-10-6-7-11-15(14)17/h4-11H,1H2,2-3H3/b9-5-,13-8+. The van der Waals surface area contributed by atoms with Crippen LogP contribution in [0.25, 0.3) is 16.7 Å². The first kappa shape index (κ1) is 11.4. The predicted octanol–water partition coefficient (Wildman–Crippen LogP) is 3.95. The number of rotatable bonds is 3. The van der Waals surface area contributed by atoms with Crippen molar-refractivity contribution in [3.63, 3.8) is 0 Å². The van der Waals surface area contributed by atoms with Gasteiger partial charge in [-0.25, -0.2) is 4.98 Å². The number of aryl methyl sites for hydroxylation is 1. The molecule has 2 nitrogen and oxygen atoms in total. The van der Waals surface area contributed by atoms with E-state index in [1.165, 1.54) is 0 Å². The van der Waals surface area contributed by atoms with Crippen molar-refractivity contribution in [3.05, 3.63) is 61.0 Å². The maximum atomic E-state index is 4.55. The molecule has 0 fully saturated rings. The number of hydrogen-bond acceptors (Lipinski definition) is 1. The zero-order chi connectivity index (χ0) is 12.3. The highest BCUT2D eigenvalue weighted by molar-refractivity contribution is 5.81. The molecule has 0 atom stereocenters. The number of para-hydroxylation sites is 2. The highest BCUT2D eigenvalue weighted by Gasteiger charge is 2.07. The molecule has 1 aromatic heterocycles. The Morgan fingerprint density at radius 2 is 2.12 bits per heavy atom. The predicted molar refractivity (Wildman–Crippen MR) is 73.8 cm³/mol. The van der Waals surface area contributed by atoms with Gasteiger partial charge in [0.25, 0.3) is 0 Å². The van der Waals surface area contributed by atoms with Crippen molar-refractivity contribution in [1.29, 1.82) is 0 Å². The summed E-state index contributed by atoms with van der Waals surface area (Å²) in [6.45, 7) is 7.78. The van der Waals surface area contributed by atoms with Crippen molar-refractivity contribution >= 4 is 16.7 Å². The lowest BCUT2D eigenvalue weighted by Crippen LogP contribution is -1.97. The third kappa shape index (κ3) is 2.07. The maximum absolute atomic E-state index is 4.55. The molecule has 17 heavy (non-hydrogen) atoms.